The van der Waals surface area contributed by atoms with E-state index in [2.05, 4.69) is 16.9 Å². The first-order chi connectivity index (χ1) is 14.8. The van der Waals surface area contributed by atoms with E-state index in [1.54, 1.807) is 30.0 Å². The van der Waals surface area contributed by atoms with E-state index in [4.69, 9.17) is 5.11 Å². The minimum Gasteiger partial charge on any atom is -0.396 e. The summed E-state index contributed by atoms with van der Waals surface area (Å²) in [5, 5.41) is 39.5. The summed E-state index contributed by atoms with van der Waals surface area (Å²) in [6, 6.07) is 4.06. The van der Waals surface area contributed by atoms with Gasteiger partial charge in [0.2, 0.25) is 0 Å². The highest BCUT2D eigenvalue weighted by atomic mass is 16.6. The van der Waals surface area contributed by atoms with E-state index in [1.807, 2.05) is 6.08 Å². The van der Waals surface area contributed by atoms with Gasteiger partial charge in [0.15, 0.2) is 5.60 Å². The van der Waals surface area contributed by atoms with E-state index < -0.39 is 22.3 Å². The number of nitro groups is 1. The van der Waals surface area contributed by atoms with Crippen molar-refractivity contribution in [1.29, 1.82) is 0 Å². The standard InChI is InChI=1S/C21H25N5O5/c1-3-10-25-19-8-7-17(26(30)31)13-18(19)21(29,20(25)28)15(2)6-4-5-11-24-14-16(9-12-27)22-23-24/h3-4,6-8,13-15,27,29H,1,5,9-12H2,2H3/b6-4+/t15-,21+/m1/s1. The maximum Gasteiger partial charge on any atom is 0.269 e. The maximum atomic E-state index is 13.1. The van der Waals surface area contributed by atoms with Gasteiger partial charge in [-0.05, 0) is 12.5 Å². The molecule has 1 aromatic carbocycles. The topological polar surface area (TPSA) is 135 Å². The number of rotatable bonds is 10. The van der Waals surface area contributed by atoms with Crippen LogP contribution in [0.15, 0.2) is 49.2 Å². The third kappa shape index (κ3) is 4.25. The van der Waals surface area contributed by atoms with Crippen LogP contribution >= 0.6 is 0 Å². The minimum absolute atomic E-state index is 0.00519. The van der Waals surface area contributed by atoms with E-state index in [0.29, 0.717) is 30.8 Å². The number of aryl methyl sites for hydroxylation is 1. The van der Waals surface area contributed by atoms with Crippen LogP contribution in [0.1, 0.15) is 24.6 Å². The van der Waals surface area contributed by atoms with E-state index in [1.165, 1.54) is 23.1 Å². The second kappa shape index (κ2) is 9.19. The van der Waals surface area contributed by atoms with Gasteiger partial charge in [0.1, 0.15) is 0 Å². The maximum absolute atomic E-state index is 13.1. The van der Waals surface area contributed by atoms with Gasteiger partial charge in [-0.15, -0.1) is 11.7 Å². The first-order valence-corrected chi connectivity index (χ1v) is 9.93. The van der Waals surface area contributed by atoms with Gasteiger partial charge < -0.3 is 15.1 Å². The SMILES string of the molecule is C=CCN1C(=O)[C@](O)([C@H](C)/C=C/CCn2cc(CCO)nn2)c2cc([N+](=O)[O-])ccc21. The molecule has 0 spiro atoms. The Morgan fingerprint density at radius 1 is 1.42 bits per heavy atom. The molecule has 2 aromatic rings. The van der Waals surface area contributed by atoms with Gasteiger partial charge in [0.25, 0.3) is 11.6 Å². The monoisotopic (exact) mass is 427 g/mol. The van der Waals surface area contributed by atoms with Crippen molar-refractivity contribution in [3.05, 3.63) is 70.6 Å². The smallest absolute Gasteiger partial charge is 0.269 e. The number of carbonyl (C=O) groups excluding carboxylic acids is 1. The number of fused-ring (bicyclic) bond motifs is 1. The molecule has 0 fully saturated rings. The van der Waals surface area contributed by atoms with E-state index in [-0.39, 0.29) is 24.4 Å². The summed E-state index contributed by atoms with van der Waals surface area (Å²) in [4.78, 5) is 25.2. The predicted molar refractivity (Wildman–Crippen MR) is 113 cm³/mol. The van der Waals surface area contributed by atoms with Gasteiger partial charge in [0, 0.05) is 55.9 Å². The Labute approximate surface area is 179 Å². The van der Waals surface area contributed by atoms with Crippen LogP contribution < -0.4 is 4.90 Å². The summed E-state index contributed by atoms with van der Waals surface area (Å²) in [6.07, 6.45) is 7.87. The Hall–Kier alpha value is -3.37. The van der Waals surface area contributed by atoms with Gasteiger partial charge in [0.05, 0.1) is 16.3 Å². The molecule has 0 unspecified atom stereocenters. The van der Waals surface area contributed by atoms with Crippen LogP contribution in [0.5, 0.6) is 0 Å². The molecule has 2 heterocycles. The number of non-ortho nitro benzene ring substituents is 1. The molecule has 0 aliphatic carbocycles. The van der Waals surface area contributed by atoms with Crippen molar-refractivity contribution in [3.8, 4) is 0 Å². The van der Waals surface area contributed by atoms with Crippen LogP contribution in [0.3, 0.4) is 0 Å². The number of hydrogen-bond donors (Lipinski definition) is 2. The van der Waals surface area contributed by atoms with E-state index >= 15 is 0 Å². The first kappa shape index (κ1) is 22.3. The Morgan fingerprint density at radius 2 is 2.19 bits per heavy atom. The number of hydrogen-bond acceptors (Lipinski definition) is 7. The van der Waals surface area contributed by atoms with Crippen molar-refractivity contribution in [3.63, 3.8) is 0 Å². The molecule has 0 radical (unpaired) electrons. The zero-order chi connectivity index (χ0) is 22.6. The Bertz CT molecular complexity index is 1020. The second-order valence-electron chi connectivity index (χ2n) is 7.38. The molecule has 1 aliphatic heterocycles. The van der Waals surface area contributed by atoms with Gasteiger partial charge in [-0.3, -0.25) is 19.6 Å². The molecule has 10 nitrogen and oxygen atoms in total. The van der Waals surface area contributed by atoms with Crippen LogP contribution in [0.4, 0.5) is 11.4 Å². The molecular formula is C21H25N5O5. The summed E-state index contributed by atoms with van der Waals surface area (Å²) in [7, 11) is 0. The summed E-state index contributed by atoms with van der Waals surface area (Å²) < 4.78 is 1.65. The average molecular weight is 427 g/mol. The van der Waals surface area contributed by atoms with Gasteiger partial charge in [-0.1, -0.05) is 30.4 Å². The van der Waals surface area contributed by atoms with Crippen molar-refractivity contribution in [2.45, 2.75) is 31.9 Å². The number of allylic oxidation sites excluding steroid dienone is 1. The zero-order valence-electron chi connectivity index (χ0n) is 17.2. The highest BCUT2D eigenvalue weighted by Crippen LogP contribution is 2.46. The minimum atomic E-state index is -1.91. The number of benzene rings is 1. The number of aromatic nitrogens is 3. The Kier molecular flexibility index (Phi) is 6.62. The molecule has 0 bridgehead atoms. The van der Waals surface area contributed by atoms with Crippen LogP contribution in [0.25, 0.3) is 0 Å². The van der Waals surface area contributed by atoms with Crippen molar-refractivity contribution in [2.24, 2.45) is 5.92 Å². The first-order valence-electron chi connectivity index (χ1n) is 9.93. The van der Waals surface area contributed by atoms with Gasteiger partial charge >= 0.3 is 0 Å². The summed E-state index contributed by atoms with van der Waals surface area (Å²) in [5.41, 5.74) is -0.742. The molecule has 3 rings (SSSR count). The fraction of sp³-hybridized carbons (Fsp3) is 0.381. The van der Waals surface area contributed by atoms with Crippen molar-refractivity contribution in [2.75, 3.05) is 18.1 Å². The lowest BCUT2D eigenvalue weighted by Crippen LogP contribution is -2.44. The van der Waals surface area contributed by atoms with E-state index in [0.717, 1.165) is 0 Å². The largest absolute Gasteiger partial charge is 0.396 e. The van der Waals surface area contributed by atoms with Crippen LogP contribution in [0, 0.1) is 16.0 Å². The van der Waals surface area contributed by atoms with Crippen LogP contribution in [-0.4, -0.2) is 49.2 Å². The Balaban J connectivity index is 1.80. The molecule has 0 saturated heterocycles. The lowest BCUT2D eigenvalue weighted by Gasteiger charge is -2.27. The molecule has 1 aliphatic rings. The fourth-order valence-electron chi connectivity index (χ4n) is 3.68. The molecule has 1 amide bonds. The number of amides is 1. The molecule has 10 heteroatoms. The molecule has 164 valence electrons. The van der Waals surface area contributed by atoms with Gasteiger partial charge in [-0.25, -0.2) is 0 Å². The zero-order valence-corrected chi connectivity index (χ0v) is 17.2. The fourth-order valence-corrected chi connectivity index (χ4v) is 3.68. The number of aliphatic hydroxyl groups excluding tert-OH is 1. The van der Waals surface area contributed by atoms with Crippen molar-refractivity contribution in [1.82, 2.24) is 15.0 Å². The average Bonchev–Trinajstić information content (AvgIpc) is 3.28. The van der Waals surface area contributed by atoms with Gasteiger partial charge in [-0.2, -0.15) is 0 Å². The second-order valence-corrected chi connectivity index (χ2v) is 7.38. The predicted octanol–water partition coefficient (Wildman–Crippen LogP) is 1.72. The molecule has 0 saturated carbocycles. The number of aliphatic hydroxyl groups is 2. The quantitative estimate of drug-likeness (QED) is 0.335. The lowest BCUT2D eigenvalue weighted by molar-refractivity contribution is -0.385. The summed E-state index contributed by atoms with van der Waals surface area (Å²) in [5.74, 6) is -1.17. The summed E-state index contributed by atoms with van der Waals surface area (Å²) >= 11 is 0. The van der Waals surface area contributed by atoms with Crippen LogP contribution in [0.2, 0.25) is 0 Å². The molecule has 2 atom stereocenters. The number of anilines is 1. The molecular weight excluding hydrogens is 402 g/mol. The molecule has 1 aromatic heterocycles. The number of nitro benzene ring substituents is 1. The molecule has 31 heavy (non-hydrogen) atoms. The number of carbonyl (C=O) groups is 1. The normalized spacial score (nSPS) is 19.1. The third-order valence-corrected chi connectivity index (χ3v) is 5.34. The van der Waals surface area contributed by atoms with Crippen LogP contribution in [-0.2, 0) is 23.4 Å². The number of nitrogens with zero attached hydrogens (tertiary/aromatic N) is 5. The third-order valence-electron chi connectivity index (χ3n) is 5.34. The highest BCUT2D eigenvalue weighted by molar-refractivity contribution is 6.07. The van der Waals surface area contributed by atoms with Crippen molar-refractivity contribution < 1.29 is 19.9 Å². The highest BCUT2D eigenvalue weighted by Gasteiger charge is 2.52. The Morgan fingerprint density at radius 3 is 2.87 bits per heavy atom. The summed E-state index contributed by atoms with van der Waals surface area (Å²) in [6.45, 7) is 6.08. The lowest BCUT2D eigenvalue weighted by atomic mass is 9.82. The molecule has 2 N–H and O–H groups in total. The van der Waals surface area contributed by atoms with E-state index in [9.17, 15) is 20.0 Å². The van der Waals surface area contributed by atoms with Crippen molar-refractivity contribution >= 4 is 17.3 Å².